The zero-order valence-electron chi connectivity index (χ0n) is 11.8. The number of amides is 1. The van der Waals surface area contributed by atoms with Crippen LogP contribution in [-0.4, -0.2) is 45.3 Å². The molecule has 8 heteroatoms. The van der Waals surface area contributed by atoms with Crippen LogP contribution in [0.3, 0.4) is 0 Å². The van der Waals surface area contributed by atoms with Gasteiger partial charge in [0.05, 0.1) is 24.8 Å². The van der Waals surface area contributed by atoms with E-state index in [9.17, 15) is 18.0 Å². The molecule has 0 bridgehead atoms. The number of sulfonamides is 1. The van der Waals surface area contributed by atoms with E-state index in [0.717, 1.165) is 4.31 Å². The number of nitrogens with one attached hydrogen (secondary N) is 1. The molecule has 1 N–H and O–H groups in total. The first-order chi connectivity index (χ1) is 9.84. The summed E-state index contributed by atoms with van der Waals surface area (Å²) in [6.45, 7) is 0.0310. The minimum absolute atomic E-state index is 0.0167. The van der Waals surface area contributed by atoms with E-state index in [1.807, 2.05) is 0 Å². The summed E-state index contributed by atoms with van der Waals surface area (Å²) in [5.74, 6) is -0.626. The maximum absolute atomic E-state index is 12.4. The minimum atomic E-state index is -3.70. The predicted octanol–water partition coefficient (Wildman–Crippen LogP) is 0.365. The molecule has 1 amide bonds. The summed E-state index contributed by atoms with van der Waals surface area (Å²) in [6, 6.07) is 4.49. The van der Waals surface area contributed by atoms with Crippen LogP contribution in [0.1, 0.15) is 12.0 Å². The summed E-state index contributed by atoms with van der Waals surface area (Å²) < 4.78 is 30.3. The van der Waals surface area contributed by atoms with Crippen molar-refractivity contribution in [3.8, 4) is 0 Å². The van der Waals surface area contributed by atoms with Crippen LogP contribution >= 0.6 is 0 Å². The quantitative estimate of drug-likeness (QED) is 0.793. The smallest absolute Gasteiger partial charge is 0.306 e. The van der Waals surface area contributed by atoms with Crippen molar-refractivity contribution in [3.05, 3.63) is 23.8 Å². The summed E-state index contributed by atoms with van der Waals surface area (Å²) in [7, 11) is -1.05. The minimum Gasteiger partial charge on any atom is -0.469 e. The Morgan fingerprint density at radius 3 is 2.81 bits per heavy atom. The maximum Gasteiger partial charge on any atom is 0.306 e. The van der Waals surface area contributed by atoms with E-state index in [0.29, 0.717) is 11.3 Å². The van der Waals surface area contributed by atoms with Crippen molar-refractivity contribution in [1.82, 2.24) is 4.31 Å². The van der Waals surface area contributed by atoms with Gasteiger partial charge in [0, 0.05) is 19.3 Å². The van der Waals surface area contributed by atoms with Gasteiger partial charge >= 0.3 is 5.97 Å². The Kier molecular flexibility index (Phi) is 4.29. The molecule has 0 aromatic heterocycles. The fourth-order valence-electron chi connectivity index (χ4n) is 2.02. The van der Waals surface area contributed by atoms with E-state index >= 15 is 0 Å². The molecule has 7 nitrogen and oxygen atoms in total. The molecule has 1 aliphatic heterocycles. The van der Waals surface area contributed by atoms with Crippen molar-refractivity contribution in [2.24, 2.45) is 0 Å². The summed E-state index contributed by atoms with van der Waals surface area (Å²) in [5, 5.41) is 2.64. The topological polar surface area (TPSA) is 92.8 Å². The average molecular weight is 312 g/mol. The Balaban J connectivity index is 2.18. The fourth-order valence-corrected chi connectivity index (χ4v) is 3.24. The van der Waals surface area contributed by atoms with E-state index in [4.69, 9.17) is 0 Å². The third-order valence-corrected chi connectivity index (χ3v) is 5.12. The van der Waals surface area contributed by atoms with Gasteiger partial charge in [-0.05, 0) is 23.8 Å². The van der Waals surface area contributed by atoms with Gasteiger partial charge in [-0.15, -0.1) is 0 Å². The molecule has 0 atom stereocenters. The lowest BCUT2D eigenvalue weighted by atomic mass is 10.2. The molecule has 1 heterocycles. The lowest BCUT2D eigenvalue weighted by Gasteiger charge is -2.17. The van der Waals surface area contributed by atoms with Crippen LogP contribution in [0.4, 0.5) is 5.69 Å². The molecular weight excluding hydrogens is 296 g/mol. The lowest BCUT2D eigenvalue weighted by molar-refractivity contribution is -0.140. The second kappa shape index (κ2) is 5.82. The van der Waals surface area contributed by atoms with Gasteiger partial charge in [-0.2, -0.15) is 0 Å². The second-order valence-electron chi connectivity index (χ2n) is 4.70. The summed E-state index contributed by atoms with van der Waals surface area (Å²) in [5.41, 5.74) is 1.29. The van der Waals surface area contributed by atoms with Crippen LogP contribution in [0.2, 0.25) is 0 Å². The SMILES string of the molecule is COC(=O)CCN(C)S(=O)(=O)c1ccc2c(c1)CC(=O)N2. The number of ether oxygens (including phenoxy) is 1. The predicted molar refractivity (Wildman–Crippen MR) is 75.2 cm³/mol. The van der Waals surface area contributed by atoms with Crippen LogP contribution in [0.5, 0.6) is 0 Å². The Morgan fingerprint density at radius 2 is 2.14 bits per heavy atom. The molecule has 0 saturated heterocycles. The first-order valence-corrected chi connectivity index (χ1v) is 7.74. The maximum atomic E-state index is 12.4. The highest BCUT2D eigenvalue weighted by Gasteiger charge is 2.25. The Labute approximate surface area is 122 Å². The van der Waals surface area contributed by atoms with Crippen LogP contribution in [0, 0.1) is 0 Å². The molecule has 1 aromatic carbocycles. The molecule has 0 unspecified atom stereocenters. The van der Waals surface area contributed by atoms with Gasteiger partial charge in [-0.25, -0.2) is 12.7 Å². The molecule has 0 spiro atoms. The lowest BCUT2D eigenvalue weighted by Crippen LogP contribution is -2.29. The van der Waals surface area contributed by atoms with Gasteiger partial charge in [0.15, 0.2) is 0 Å². The molecule has 2 rings (SSSR count). The molecular formula is C13H16N2O5S. The number of nitrogens with zero attached hydrogens (tertiary/aromatic N) is 1. The highest BCUT2D eigenvalue weighted by Crippen LogP contribution is 2.26. The first kappa shape index (κ1) is 15.5. The van der Waals surface area contributed by atoms with Crippen molar-refractivity contribution < 1.29 is 22.7 Å². The number of hydrogen-bond acceptors (Lipinski definition) is 5. The standard InChI is InChI=1S/C13H16N2O5S/c1-15(6-5-13(17)20-2)21(18,19)10-3-4-11-9(7-10)8-12(16)14-11/h3-4,7H,5-6,8H2,1-2H3,(H,14,16). The molecule has 0 saturated carbocycles. The Morgan fingerprint density at radius 1 is 1.43 bits per heavy atom. The summed E-state index contributed by atoms with van der Waals surface area (Å²) in [4.78, 5) is 22.5. The van der Waals surface area contributed by atoms with E-state index in [2.05, 4.69) is 10.1 Å². The third kappa shape index (κ3) is 3.22. The third-order valence-electron chi connectivity index (χ3n) is 3.27. The van der Waals surface area contributed by atoms with Crippen molar-refractivity contribution in [1.29, 1.82) is 0 Å². The highest BCUT2D eigenvalue weighted by atomic mass is 32.2. The number of hydrogen-bond donors (Lipinski definition) is 1. The van der Waals surface area contributed by atoms with Gasteiger partial charge < -0.3 is 10.1 Å². The molecule has 114 valence electrons. The van der Waals surface area contributed by atoms with Gasteiger partial charge in [0.2, 0.25) is 15.9 Å². The van der Waals surface area contributed by atoms with E-state index in [1.165, 1.54) is 26.3 Å². The molecule has 21 heavy (non-hydrogen) atoms. The van der Waals surface area contributed by atoms with Crippen LogP contribution in [0.15, 0.2) is 23.1 Å². The normalized spacial score (nSPS) is 14.0. The zero-order chi connectivity index (χ0) is 15.6. The Hall–Kier alpha value is -1.93. The molecule has 1 aromatic rings. The van der Waals surface area contributed by atoms with E-state index in [1.54, 1.807) is 6.07 Å². The van der Waals surface area contributed by atoms with Crippen LogP contribution < -0.4 is 5.32 Å². The van der Waals surface area contributed by atoms with Crippen molar-refractivity contribution >= 4 is 27.6 Å². The number of benzene rings is 1. The largest absolute Gasteiger partial charge is 0.469 e. The number of carbonyl (C=O) groups is 2. The zero-order valence-corrected chi connectivity index (χ0v) is 12.6. The van der Waals surface area contributed by atoms with Crippen molar-refractivity contribution in [2.75, 3.05) is 26.0 Å². The van der Waals surface area contributed by atoms with E-state index in [-0.39, 0.29) is 30.2 Å². The molecule has 1 aliphatic rings. The fraction of sp³-hybridized carbons (Fsp3) is 0.385. The molecule has 0 aliphatic carbocycles. The average Bonchev–Trinajstić information content (AvgIpc) is 2.83. The molecule has 0 fully saturated rings. The number of anilines is 1. The van der Waals surface area contributed by atoms with Crippen LogP contribution in [0.25, 0.3) is 0 Å². The Bertz CT molecular complexity index is 684. The monoisotopic (exact) mass is 312 g/mol. The van der Waals surface area contributed by atoms with Gasteiger partial charge in [0.1, 0.15) is 0 Å². The van der Waals surface area contributed by atoms with Crippen LogP contribution in [-0.2, 0) is 30.8 Å². The second-order valence-corrected chi connectivity index (χ2v) is 6.74. The van der Waals surface area contributed by atoms with Gasteiger partial charge in [-0.3, -0.25) is 9.59 Å². The number of fused-ring (bicyclic) bond motifs is 1. The highest BCUT2D eigenvalue weighted by molar-refractivity contribution is 7.89. The number of esters is 1. The summed E-state index contributed by atoms with van der Waals surface area (Å²) >= 11 is 0. The summed E-state index contributed by atoms with van der Waals surface area (Å²) in [6.07, 6.45) is 0.155. The number of carbonyl (C=O) groups excluding carboxylic acids is 2. The van der Waals surface area contributed by atoms with Crippen molar-refractivity contribution in [3.63, 3.8) is 0 Å². The number of methoxy groups -OCH3 is 1. The first-order valence-electron chi connectivity index (χ1n) is 6.30. The van der Waals surface area contributed by atoms with Crippen molar-refractivity contribution in [2.45, 2.75) is 17.7 Å². The molecule has 0 radical (unpaired) electrons. The van der Waals surface area contributed by atoms with E-state index < -0.39 is 16.0 Å². The number of rotatable bonds is 5. The van der Waals surface area contributed by atoms with Gasteiger partial charge in [-0.1, -0.05) is 0 Å². The van der Waals surface area contributed by atoms with Gasteiger partial charge in [0.25, 0.3) is 0 Å².